The summed E-state index contributed by atoms with van der Waals surface area (Å²) in [7, 11) is -2.84. The highest BCUT2D eigenvalue weighted by Crippen LogP contribution is 2.42. The van der Waals surface area contributed by atoms with Gasteiger partial charge < -0.3 is 27.5 Å². The molecular formula is C21H34O6Si. The molecule has 158 valence electrons. The fourth-order valence-corrected chi connectivity index (χ4v) is 6.22. The van der Waals surface area contributed by atoms with Crippen molar-refractivity contribution in [2.24, 2.45) is 5.92 Å². The Kier molecular flexibility index (Phi) is 7.39. The minimum Gasteiger partial charge on any atom is -0.489 e. The number of fused-ring (bicyclic) bond motifs is 1. The maximum Gasteiger partial charge on any atom is 0.540 e. The fraction of sp³-hybridized carbons (Fsp3) is 0.714. The molecule has 0 amide bonds. The summed E-state index contributed by atoms with van der Waals surface area (Å²) in [5.74, 6) is 1.57. The molecule has 0 N–H and O–H groups in total. The van der Waals surface area contributed by atoms with E-state index in [0.717, 1.165) is 17.1 Å². The molecule has 0 radical (unpaired) electrons. The van der Waals surface area contributed by atoms with Crippen LogP contribution in [0.4, 0.5) is 0 Å². The van der Waals surface area contributed by atoms with Gasteiger partial charge in [-0.1, -0.05) is 12.8 Å². The molecule has 1 unspecified atom stereocenters. The van der Waals surface area contributed by atoms with Crippen LogP contribution in [0.3, 0.4) is 0 Å². The lowest BCUT2D eigenvalue weighted by Gasteiger charge is -2.40. The van der Waals surface area contributed by atoms with Crippen LogP contribution in [0.5, 0.6) is 11.5 Å². The lowest BCUT2D eigenvalue weighted by Crippen LogP contribution is -2.51. The van der Waals surface area contributed by atoms with E-state index >= 15 is 0 Å². The average Bonchev–Trinajstić information content (AvgIpc) is 3.23. The van der Waals surface area contributed by atoms with Crippen LogP contribution in [0, 0.1) is 5.92 Å². The van der Waals surface area contributed by atoms with E-state index in [1.54, 1.807) is 0 Å². The molecule has 1 atom stereocenters. The Labute approximate surface area is 169 Å². The molecular weight excluding hydrogens is 376 g/mol. The Morgan fingerprint density at radius 1 is 1.04 bits per heavy atom. The first kappa shape index (κ1) is 21.6. The van der Waals surface area contributed by atoms with Gasteiger partial charge in [-0.25, -0.2) is 0 Å². The quantitative estimate of drug-likeness (QED) is 0.531. The van der Waals surface area contributed by atoms with Gasteiger partial charge in [0.15, 0.2) is 6.23 Å². The van der Waals surface area contributed by atoms with Gasteiger partial charge in [-0.15, -0.1) is 0 Å². The van der Waals surface area contributed by atoms with E-state index in [4.69, 9.17) is 27.5 Å². The van der Waals surface area contributed by atoms with Gasteiger partial charge >= 0.3 is 8.80 Å². The van der Waals surface area contributed by atoms with Crippen molar-refractivity contribution in [1.82, 2.24) is 0 Å². The number of benzene rings is 1. The minimum absolute atomic E-state index is 0.281. The van der Waals surface area contributed by atoms with Gasteiger partial charge in [-0.05, 0) is 51.8 Å². The summed E-state index contributed by atoms with van der Waals surface area (Å²) < 4.78 is 36.0. The largest absolute Gasteiger partial charge is 0.540 e. The molecule has 0 spiro atoms. The number of hydrogen-bond acceptors (Lipinski definition) is 6. The molecule has 3 rings (SSSR count). The third-order valence-corrected chi connectivity index (χ3v) is 8.15. The highest BCUT2D eigenvalue weighted by molar-refractivity contribution is 6.60. The molecule has 1 aromatic rings. The van der Waals surface area contributed by atoms with E-state index in [1.165, 1.54) is 25.7 Å². The van der Waals surface area contributed by atoms with Crippen molar-refractivity contribution in [3.05, 3.63) is 23.8 Å². The zero-order chi connectivity index (χ0) is 20.0. The van der Waals surface area contributed by atoms with Gasteiger partial charge in [0.25, 0.3) is 0 Å². The van der Waals surface area contributed by atoms with E-state index in [-0.39, 0.29) is 6.23 Å². The molecule has 0 aromatic heterocycles. The second-order valence-electron chi connectivity index (χ2n) is 7.43. The van der Waals surface area contributed by atoms with Crippen LogP contribution in [0.1, 0.15) is 58.9 Å². The maximum absolute atomic E-state index is 6.28. The standard InChI is InChI=1S/C21H34O6Si/c1-5-24-28(25-6-2,26-7-3)16-22-19-12-13-20-17(14-19)15-23-21(4,27-20)18-10-8-9-11-18/h12-14,18H,5-11,15-16H2,1-4H3. The van der Waals surface area contributed by atoms with Crippen LogP contribution in [0.15, 0.2) is 18.2 Å². The maximum atomic E-state index is 6.28. The number of hydrogen-bond donors (Lipinski definition) is 0. The molecule has 1 aliphatic heterocycles. The van der Waals surface area contributed by atoms with Crippen LogP contribution in [-0.2, 0) is 24.6 Å². The molecule has 0 bridgehead atoms. The summed E-state index contributed by atoms with van der Waals surface area (Å²) in [6, 6.07) is 5.89. The van der Waals surface area contributed by atoms with Crippen molar-refractivity contribution in [2.75, 3.05) is 26.1 Å². The Bertz CT molecular complexity index is 616. The number of ether oxygens (including phenoxy) is 3. The van der Waals surface area contributed by atoms with Crippen molar-refractivity contribution >= 4 is 8.80 Å². The predicted molar refractivity (Wildman–Crippen MR) is 108 cm³/mol. The molecule has 7 heteroatoms. The van der Waals surface area contributed by atoms with Crippen LogP contribution >= 0.6 is 0 Å². The highest BCUT2D eigenvalue weighted by atomic mass is 28.4. The molecule has 1 aliphatic carbocycles. The summed E-state index contributed by atoms with van der Waals surface area (Å²) in [5.41, 5.74) is 1.00. The van der Waals surface area contributed by atoms with E-state index < -0.39 is 14.6 Å². The first-order valence-corrected chi connectivity index (χ1v) is 12.5. The summed E-state index contributed by atoms with van der Waals surface area (Å²) in [5, 5.41) is 0. The third kappa shape index (κ3) is 4.89. The Morgan fingerprint density at radius 2 is 1.68 bits per heavy atom. The molecule has 1 heterocycles. The monoisotopic (exact) mass is 410 g/mol. The van der Waals surface area contributed by atoms with Crippen LogP contribution < -0.4 is 9.47 Å². The highest BCUT2D eigenvalue weighted by Gasteiger charge is 2.43. The van der Waals surface area contributed by atoms with Crippen LogP contribution in [0.25, 0.3) is 0 Å². The van der Waals surface area contributed by atoms with Crippen LogP contribution in [0.2, 0.25) is 0 Å². The minimum atomic E-state index is -2.84. The molecule has 2 aliphatic rings. The lowest BCUT2D eigenvalue weighted by molar-refractivity contribution is -0.224. The first-order valence-electron chi connectivity index (χ1n) is 10.5. The summed E-state index contributed by atoms with van der Waals surface area (Å²) in [6.07, 6.45) is 5.15. The third-order valence-electron chi connectivity index (χ3n) is 5.46. The Balaban J connectivity index is 1.67. The van der Waals surface area contributed by atoms with Crippen molar-refractivity contribution in [2.45, 2.75) is 65.8 Å². The number of rotatable bonds is 10. The first-order chi connectivity index (χ1) is 13.5. The van der Waals surface area contributed by atoms with E-state index in [0.29, 0.717) is 32.3 Å². The summed E-state index contributed by atoms with van der Waals surface area (Å²) in [6.45, 7) is 10.0. The molecule has 1 aromatic carbocycles. The normalized spacial score (nSPS) is 22.7. The van der Waals surface area contributed by atoms with E-state index in [1.807, 2.05) is 39.0 Å². The second-order valence-corrected chi connectivity index (χ2v) is 9.95. The van der Waals surface area contributed by atoms with Crippen molar-refractivity contribution in [1.29, 1.82) is 0 Å². The molecule has 1 saturated carbocycles. The van der Waals surface area contributed by atoms with Gasteiger partial charge in [0.2, 0.25) is 5.79 Å². The molecule has 1 fully saturated rings. The fourth-order valence-electron chi connectivity index (χ4n) is 4.06. The van der Waals surface area contributed by atoms with Gasteiger partial charge in [0.05, 0.1) is 6.61 Å². The van der Waals surface area contributed by atoms with Gasteiger partial charge in [-0.2, -0.15) is 0 Å². The summed E-state index contributed by atoms with van der Waals surface area (Å²) >= 11 is 0. The van der Waals surface area contributed by atoms with Crippen molar-refractivity contribution < 1.29 is 27.5 Å². The smallest absolute Gasteiger partial charge is 0.489 e. The van der Waals surface area contributed by atoms with Gasteiger partial charge in [0.1, 0.15) is 11.5 Å². The topological polar surface area (TPSA) is 55.4 Å². The molecule has 0 saturated heterocycles. The summed E-state index contributed by atoms with van der Waals surface area (Å²) in [4.78, 5) is 0. The zero-order valence-corrected chi connectivity index (χ0v) is 18.6. The van der Waals surface area contributed by atoms with Crippen molar-refractivity contribution in [3.8, 4) is 11.5 Å². The van der Waals surface area contributed by atoms with Crippen molar-refractivity contribution in [3.63, 3.8) is 0 Å². The second kappa shape index (κ2) is 9.58. The Morgan fingerprint density at radius 3 is 2.29 bits per heavy atom. The molecule has 6 nitrogen and oxygen atoms in total. The SMILES string of the molecule is CCO[Si](COc1ccc2c(c1)COC(C)(C1CCCC1)O2)(OCC)OCC. The zero-order valence-electron chi connectivity index (χ0n) is 17.6. The lowest BCUT2D eigenvalue weighted by atomic mass is 9.97. The van der Waals surface area contributed by atoms with Crippen LogP contribution in [-0.4, -0.2) is 40.6 Å². The van der Waals surface area contributed by atoms with Gasteiger partial charge in [-0.3, -0.25) is 0 Å². The van der Waals surface area contributed by atoms with E-state index in [2.05, 4.69) is 6.92 Å². The molecule has 28 heavy (non-hydrogen) atoms. The predicted octanol–water partition coefficient (Wildman–Crippen LogP) is 4.47. The average molecular weight is 411 g/mol. The Hall–Kier alpha value is -1.12. The van der Waals surface area contributed by atoms with E-state index in [9.17, 15) is 0 Å². The van der Waals surface area contributed by atoms with Gasteiger partial charge in [0, 0.05) is 38.2 Å².